The summed E-state index contributed by atoms with van der Waals surface area (Å²) >= 11 is 5.84. The smallest absolute Gasteiger partial charge is 0.322 e. The van der Waals surface area contributed by atoms with Crippen molar-refractivity contribution in [1.82, 2.24) is 10.3 Å². The summed E-state index contributed by atoms with van der Waals surface area (Å²) in [5.41, 5.74) is -0.170. The van der Waals surface area contributed by atoms with Crippen LogP contribution in [0.4, 0.5) is 0 Å². The Morgan fingerprint density at radius 3 is 2.81 bits per heavy atom. The Morgan fingerprint density at radius 2 is 2.14 bits per heavy atom. The number of pyridine rings is 1. The number of aromatic hydroxyl groups is 1. The van der Waals surface area contributed by atoms with Gasteiger partial charge in [-0.2, -0.15) is 0 Å². The number of carboxylic acids is 1. The van der Waals surface area contributed by atoms with Crippen molar-refractivity contribution >= 4 is 23.5 Å². The number of halogens is 1. The molecule has 0 bridgehead atoms. The molecule has 0 saturated carbocycles. The molecular weight excluding hydrogens is 296 g/mol. The molecule has 0 radical (unpaired) electrons. The fourth-order valence-corrected chi connectivity index (χ4v) is 1.66. The quantitative estimate of drug-likeness (QED) is 0.801. The molecule has 0 aliphatic carbocycles. The Balaban J connectivity index is 2.42. The molecule has 0 fully saturated rings. The highest BCUT2D eigenvalue weighted by Crippen LogP contribution is 2.26. The van der Waals surface area contributed by atoms with Crippen LogP contribution in [0.1, 0.15) is 14.6 Å². The summed E-state index contributed by atoms with van der Waals surface area (Å²) in [6.07, 6.45) is 1.15. The van der Waals surface area contributed by atoms with Crippen LogP contribution < -0.4 is 5.32 Å². The Kier molecular flexibility index (Phi) is 3.30. The third-order valence-electron chi connectivity index (χ3n) is 2.42. The largest absolute Gasteiger partial charge is 0.505 e. The molecule has 3 N–H and O–H groups in total. The summed E-state index contributed by atoms with van der Waals surface area (Å²) < 4.78 is 23.3. The average molecular weight is 310 g/mol. The van der Waals surface area contributed by atoms with Crippen LogP contribution in [-0.2, 0) is 4.79 Å². The first-order valence-electron chi connectivity index (χ1n) is 7.18. The molecule has 6 nitrogen and oxygen atoms in total. The predicted molar refractivity (Wildman–Crippen MR) is 76.3 cm³/mol. The number of rotatable bonds is 4. The number of aliphatic carboxylic acids is 1. The van der Waals surface area contributed by atoms with Gasteiger partial charge in [-0.1, -0.05) is 23.7 Å². The van der Waals surface area contributed by atoms with Gasteiger partial charge in [0.05, 0.1) is 4.11 Å². The lowest BCUT2D eigenvalue weighted by atomic mass is 10.1. The summed E-state index contributed by atoms with van der Waals surface area (Å²) in [6.45, 7) is -0.629. The number of nitrogens with one attached hydrogen (secondary N) is 1. The predicted octanol–water partition coefficient (Wildman–Crippen LogP) is 1.92. The monoisotopic (exact) mass is 309 g/mol. The second kappa shape index (κ2) is 6.23. The standard InChI is InChI=1S/C14H11ClN2O4/c15-10-3-1-2-8(4-10)9-5-11(18)13(16-6-9)14(21)17-7-12(19)20/h1-6,18H,7H2,(H,17,21)(H,19,20)/i2D,3D,4D. The van der Waals surface area contributed by atoms with Crippen molar-refractivity contribution in [3.63, 3.8) is 0 Å². The maximum Gasteiger partial charge on any atom is 0.322 e. The zero-order valence-electron chi connectivity index (χ0n) is 13.5. The van der Waals surface area contributed by atoms with Gasteiger partial charge in [0.25, 0.3) is 5.91 Å². The highest BCUT2D eigenvalue weighted by Gasteiger charge is 2.14. The SMILES string of the molecule is [2H]c1cc([2H])c(-c2cnc(C(=O)NCC(=O)O)c(O)c2)c([2H])c1Cl. The van der Waals surface area contributed by atoms with E-state index in [2.05, 4.69) is 10.3 Å². The fourth-order valence-electron chi connectivity index (χ4n) is 1.51. The summed E-state index contributed by atoms with van der Waals surface area (Å²) in [5.74, 6) is -2.67. The van der Waals surface area contributed by atoms with Gasteiger partial charge in [-0.3, -0.25) is 9.59 Å². The molecule has 2 aromatic rings. The van der Waals surface area contributed by atoms with Gasteiger partial charge in [0.1, 0.15) is 12.3 Å². The van der Waals surface area contributed by atoms with Crippen LogP contribution in [0, 0.1) is 0 Å². The highest BCUT2D eigenvalue weighted by atomic mass is 35.5. The minimum absolute atomic E-state index is 0.0521. The summed E-state index contributed by atoms with van der Waals surface area (Å²) in [7, 11) is 0. The van der Waals surface area contributed by atoms with E-state index < -0.39 is 24.2 Å². The molecule has 108 valence electrons. The van der Waals surface area contributed by atoms with E-state index in [1.165, 1.54) is 0 Å². The summed E-state index contributed by atoms with van der Waals surface area (Å²) in [6, 6.07) is 1.68. The first kappa shape index (κ1) is 11.1. The van der Waals surface area contributed by atoms with E-state index in [4.69, 9.17) is 20.8 Å². The molecule has 0 aliphatic heterocycles. The molecule has 21 heavy (non-hydrogen) atoms. The lowest BCUT2D eigenvalue weighted by molar-refractivity contribution is -0.135. The highest BCUT2D eigenvalue weighted by molar-refractivity contribution is 6.30. The zero-order valence-corrected chi connectivity index (χ0v) is 11.2. The first-order chi connectivity index (χ1) is 11.2. The van der Waals surface area contributed by atoms with Crippen molar-refractivity contribution in [2.45, 2.75) is 0 Å². The fraction of sp³-hybridized carbons (Fsp3) is 0.0714. The minimum atomic E-state index is -1.25. The van der Waals surface area contributed by atoms with Crippen molar-refractivity contribution in [1.29, 1.82) is 0 Å². The lowest BCUT2D eigenvalue weighted by Gasteiger charge is -2.07. The van der Waals surface area contributed by atoms with Crippen LogP contribution in [0.3, 0.4) is 0 Å². The van der Waals surface area contributed by atoms with Crippen LogP contribution in [0.5, 0.6) is 5.75 Å². The second-order valence-electron chi connectivity index (χ2n) is 3.92. The van der Waals surface area contributed by atoms with Gasteiger partial charge in [0.2, 0.25) is 0 Å². The second-order valence-corrected chi connectivity index (χ2v) is 4.29. The van der Waals surface area contributed by atoms with Gasteiger partial charge >= 0.3 is 5.97 Å². The summed E-state index contributed by atoms with van der Waals surface area (Å²) in [5, 5.41) is 20.4. The van der Waals surface area contributed by atoms with Crippen LogP contribution in [0.25, 0.3) is 11.1 Å². The topological polar surface area (TPSA) is 99.5 Å². The molecule has 0 unspecified atom stereocenters. The molecule has 0 atom stereocenters. The van der Waals surface area contributed by atoms with Gasteiger partial charge in [-0.05, 0) is 23.7 Å². The molecule has 1 heterocycles. The van der Waals surface area contributed by atoms with Crippen LogP contribution in [0.2, 0.25) is 5.02 Å². The lowest BCUT2D eigenvalue weighted by Crippen LogP contribution is -2.29. The molecule has 1 amide bonds. The number of benzene rings is 1. The van der Waals surface area contributed by atoms with Gasteiger partial charge in [0.15, 0.2) is 5.69 Å². The number of aromatic nitrogens is 1. The Morgan fingerprint density at radius 1 is 1.38 bits per heavy atom. The van der Waals surface area contributed by atoms with Gasteiger partial charge in [0, 0.05) is 16.8 Å². The van der Waals surface area contributed by atoms with Crippen molar-refractivity contribution in [3.8, 4) is 16.9 Å². The van der Waals surface area contributed by atoms with E-state index in [1.807, 2.05) is 0 Å². The molecule has 0 aliphatic rings. The van der Waals surface area contributed by atoms with Crippen molar-refractivity contribution in [2.24, 2.45) is 0 Å². The Bertz CT molecular complexity index is 845. The molecule has 0 spiro atoms. The number of carbonyl (C=O) groups excluding carboxylic acids is 1. The van der Waals surface area contributed by atoms with E-state index in [-0.39, 0.29) is 40.0 Å². The number of carboxylic acid groups (broad SMARTS) is 1. The molecule has 0 saturated heterocycles. The van der Waals surface area contributed by atoms with E-state index in [0.29, 0.717) is 0 Å². The van der Waals surface area contributed by atoms with Crippen molar-refractivity contribution in [3.05, 3.63) is 47.2 Å². The average Bonchev–Trinajstić information content (AvgIpc) is 2.50. The Labute approximate surface area is 129 Å². The van der Waals surface area contributed by atoms with Crippen LogP contribution in [-0.4, -0.2) is 33.6 Å². The number of hydrogen-bond donors (Lipinski definition) is 3. The van der Waals surface area contributed by atoms with E-state index in [0.717, 1.165) is 18.3 Å². The van der Waals surface area contributed by atoms with Crippen molar-refractivity contribution in [2.75, 3.05) is 6.54 Å². The van der Waals surface area contributed by atoms with Gasteiger partial charge < -0.3 is 15.5 Å². The molecule has 2 rings (SSSR count). The van der Waals surface area contributed by atoms with E-state index in [9.17, 15) is 14.7 Å². The molecular formula is C14H11ClN2O4. The zero-order chi connectivity index (χ0) is 18.0. The number of nitrogens with zero attached hydrogens (tertiary/aromatic N) is 1. The third-order valence-corrected chi connectivity index (χ3v) is 2.63. The molecule has 7 heteroatoms. The van der Waals surface area contributed by atoms with E-state index >= 15 is 0 Å². The van der Waals surface area contributed by atoms with Crippen molar-refractivity contribution < 1.29 is 23.9 Å². The van der Waals surface area contributed by atoms with Crippen LogP contribution >= 0.6 is 11.6 Å². The first-order valence-corrected chi connectivity index (χ1v) is 6.05. The number of carbonyl (C=O) groups is 2. The summed E-state index contributed by atoms with van der Waals surface area (Å²) in [4.78, 5) is 25.9. The number of amides is 1. The molecule has 1 aromatic heterocycles. The van der Waals surface area contributed by atoms with Gasteiger partial charge in [-0.25, -0.2) is 4.98 Å². The third kappa shape index (κ3) is 3.70. The maximum absolute atomic E-state index is 11.7. The van der Waals surface area contributed by atoms with Gasteiger partial charge in [-0.15, -0.1) is 0 Å². The minimum Gasteiger partial charge on any atom is -0.505 e. The number of hydrogen-bond acceptors (Lipinski definition) is 4. The molecule has 1 aromatic carbocycles. The normalized spacial score (nSPS) is 12.1. The van der Waals surface area contributed by atoms with E-state index in [1.54, 1.807) is 0 Å². The maximum atomic E-state index is 11.7. The van der Waals surface area contributed by atoms with Crippen LogP contribution in [0.15, 0.2) is 36.5 Å². The Hall–Kier alpha value is -2.60.